The Balaban J connectivity index is 1.58. The van der Waals surface area contributed by atoms with Gasteiger partial charge in [-0.3, -0.25) is 4.90 Å². The number of fused-ring (bicyclic) bond motifs is 3. The Kier molecular flexibility index (Phi) is 3.92. The summed E-state index contributed by atoms with van der Waals surface area (Å²) in [7, 11) is 0. The van der Waals surface area contributed by atoms with Gasteiger partial charge in [-0.15, -0.1) is 0 Å². The van der Waals surface area contributed by atoms with Crippen LogP contribution in [0.4, 0.5) is 0 Å². The van der Waals surface area contributed by atoms with E-state index in [0.29, 0.717) is 6.04 Å². The van der Waals surface area contributed by atoms with Gasteiger partial charge in [-0.2, -0.15) is 0 Å². The summed E-state index contributed by atoms with van der Waals surface area (Å²) in [5, 5.41) is 1.42. The summed E-state index contributed by atoms with van der Waals surface area (Å²) in [6.45, 7) is 4.51. The van der Waals surface area contributed by atoms with Crippen molar-refractivity contribution in [3.63, 3.8) is 0 Å². The molecule has 1 heterocycles. The molecule has 2 nitrogen and oxygen atoms in total. The van der Waals surface area contributed by atoms with Crippen molar-refractivity contribution in [1.29, 1.82) is 0 Å². The normalized spacial score (nSPS) is 17.0. The van der Waals surface area contributed by atoms with Crippen molar-refractivity contribution < 1.29 is 0 Å². The smallest absolute Gasteiger partial charge is 0.0456 e. The Morgan fingerprint density at radius 2 is 1.91 bits per heavy atom. The van der Waals surface area contributed by atoms with Crippen LogP contribution < -0.4 is 0 Å². The average Bonchev–Trinajstić information content (AvgIpc) is 3.21. The van der Waals surface area contributed by atoms with Crippen LogP contribution in [0.5, 0.6) is 0 Å². The quantitative estimate of drug-likeness (QED) is 0.733. The number of rotatable bonds is 5. The molecule has 1 atom stereocenters. The van der Waals surface area contributed by atoms with E-state index in [-0.39, 0.29) is 0 Å². The van der Waals surface area contributed by atoms with Gasteiger partial charge in [0.15, 0.2) is 0 Å². The fourth-order valence-corrected chi connectivity index (χ4v) is 3.99. The molecule has 0 spiro atoms. The lowest BCUT2D eigenvalue weighted by atomic mass is 10.1. The fraction of sp³-hybridized carbons (Fsp3) is 0.333. The molecular weight excluding hydrogens is 280 g/mol. The molecule has 1 aromatic heterocycles. The van der Waals surface area contributed by atoms with Gasteiger partial charge in [0.25, 0.3) is 0 Å². The number of aromatic amines is 1. The Morgan fingerprint density at radius 3 is 2.74 bits per heavy atom. The first-order chi connectivity index (χ1) is 11.3. The van der Waals surface area contributed by atoms with Gasteiger partial charge >= 0.3 is 0 Å². The van der Waals surface area contributed by atoms with Crippen molar-refractivity contribution in [2.75, 3.05) is 6.54 Å². The second-order valence-corrected chi connectivity index (χ2v) is 6.66. The summed E-state index contributed by atoms with van der Waals surface area (Å²) in [5.74, 6) is 0. The minimum Gasteiger partial charge on any atom is -0.361 e. The molecule has 0 aliphatic heterocycles. The van der Waals surface area contributed by atoms with E-state index in [2.05, 4.69) is 71.5 Å². The molecule has 0 fully saturated rings. The number of nitrogens with zero attached hydrogens (tertiary/aromatic N) is 1. The van der Waals surface area contributed by atoms with Crippen LogP contribution in [-0.2, 0) is 19.4 Å². The number of aromatic nitrogens is 1. The minimum atomic E-state index is 0.630. The zero-order valence-electron chi connectivity index (χ0n) is 13.8. The maximum atomic E-state index is 3.34. The van der Waals surface area contributed by atoms with Gasteiger partial charge in [0.05, 0.1) is 0 Å². The molecule has 1 aliphatic carbocycles. The van der Waals surface area contributed by atoms with Gasteiger partial charge in [0.1, 0.15) is 0 Å². The SMILES string of the molecule is CCCN(Cc1ccccc1)C1Cc2ccc3[nH]ccc3c2C1. The number of H-pyrrole nitrogens is 1. The van der Waals surface area contributed by atoms with Crippen molar-refractivity contribution in [2.24, 2.45) is 0 Å². The molecule has 3 aromatic rings. The van der Waals surface area contributed by atoms with Crippen molar-refractivity contribution in [3.05, 3.63) is 71.4 Å². The molecule has 0 bridgehead atoms. The predicted octanol–water partition coefficient (Wildman–Crippen LogP) is 4.55. The van der Waals surface area contributed by atoms with Crippen molar-refractivity contribution >= 4 is 10.9 Å². The van der Waals surface area contributed by atoms with Gasteiger partial charge in [0.2, 0.25) is 0 Å². The maximum Gasteiger partial charge on any atom is 0.0456 e. The summed E-state index contributed by atoms with van der Waals surface area (Å²) >= 11 is 0. The topological polar surface area (TPSA) is 19.0 Å². The van der Waals surface area contributed by atoms with Crippen molar-refractivity contribution in [1.82, 2.24) is 9.88 Å². The summed E-state index contributed by atoms with van der Waals surface area (Å²) in [6, 6.07) is 18.3. The number of hydrogen-bond donors (Lipinski definition) is 1. The molecule has 0 saturated carbocycles. The first-order valence-corrected chi connectivity index (χ1v) is 8.71. The number of hydrogen-bond acceptors (Lipinski definition) is 1. The Hall–Kier alpha value is -2.06. The van der Waals surface area contributed by atoms with Crippen molar-refractivity contribution in [3.8, 4) is 0 Å². The maximum absolute atomic E-state index is 3.34. The van der Waals surface area contributed by atoms with Crippen LogP contribution in [-0.4, -0.2) is 22.5 Å². The summed E-state index contributed by atoms with van der Waals surface area (Å²) in [6.07, 6.45) is 5.63. The van der Waals surface area contributed by atoms with Crippen LogP contribution >= 0.6 is 0 Å². The third kappa shape index (κ3) is 2.79. The highest BCUT2D eigenvalue weighted by Gasteiger charge is 2.27. The molecule has 4 rings (SSSR count). The predicted molar refractivity (Wildman–Crippen MR) is 96.6 cm³/mol. The van der Waals surface area contributed by atoms with E-state index in [0.717, 1.165) is 6.54 Å². The Morgan fingerprint density at radius 1 is 1.04 bits per heavy atom. The molecule has 1 unspecified atom stereocenters. The number of benzene rings is 2. The third-order valence-electron chi connectivity index (χ3n) is 5.09. The lowest BCUT2D eigenvalue weighted by Crippen LogP contribution is -2.36. The van der Waals surface area contributed by atoms with E-state index in [1.165, 1.54) is 47.8 Å². The van der Waals surface area contributed by atoms with Crippen LogP contribution in [0.3, 0.4) is 0 Å². The van der Waals surface area contributed by atoms with Gasteiger partial charge in [0, 0.05) is 29.7 Å². The van der Waals surface area contributed by atoms with Crippen LogP contribution in [0.2, 0.25) is 0 Å². The van der Waals surface area contributed by atoms with E-state index in [1.807, 2.05) is 0 Å². The fourth-order valence-electron chi connectivity index (χ4n) is 3.99. The zero-order chi connectivity index (χ0) is 15.6. The monoisotopic (exact) mass is 304 g/mol. The molecule has 23 heavy (non-hydrogen) atoms. The summed E-state index contributed by atoms with van der Waals surface area (Å²) in [5.41, 5.74) is 5.79. The first kappa shape index (κ1) is 14.5. The molecule has 0 amide bonds. The summed E-state index contributed by atoms with van der Waals surface area (Å²) < 4.78 is 0. The molecule has 2 aromatic carbocycles. The van der Waals surface area contributed by atoms with E-state index >= 15 is 0 Å². The molecule has 0 radical (unpaired) electrons. The van der Waals surface area contributed by atoms with Gasteiger partial charge in [-0.1, -0.05) is 43.3 Å². The van der Waals surface area contributed by atoms with Crippen LogP contribution in [0.25, 0.3) is 10.9 Å². The summed E-state index contributed by atoms with van der Waals surface area (Å²) in [4.78, 5) is 6.02. The minimum absolute atomic E-state index is 0.630. The van der Waals surface area contributed by atoms with Crippen LogP contribution in [0.15, 0.2) is 54.7 Å². The van der Waals surface area contributed by atoms with E-state index in [9.17, 15) is 0 Å². The second-order valence-electron chi connectivity index (χ2n) is 6.66. The Bertz CT molecular complexity index is 788. The van der Waals surface area contributed by atoms with Crippen LogP contribution in [0, 0.1) is 0 Å². The lowest BCUT2D eigenvalue weighted by Gasteiger charge is -2.28. The zero-order valence-corrected chi connectivity index (χ0v) is 13.8. The third-order valence-corrected chi connectivity index (χ3v) is 5.09. The molecule has 118 valence electrons. The molecular formula is C21H24N2. The molecule has 1 aliphatic rings. The largest absolute Gasteiger partial charge is 0.361 e. The highest BCUT2D eigenvalue weighted by molar-refractivity contribution is 5.84. The van der Waals surface area contributed by atoms with Crippen LogP contribution in [0.1, 0.15) is 30.0 Å². The molecule has 0 saturated heterocycles. The second kappa shape index (κ2) is 6.21. The molecule has 2 heteroatoms. The first-order valence-electron chi connectivity index (χ1n) is 8.71. The van der Waals surface area contributed by atoms with Gasteiger partial charge < -0.3 is 4.98 Å². The van der Waals surface area contributed by atoms with Gasteiger partial charge in [-0.25, -0.2) is 0 Å². The highest BCUT2D eigenvalue weighted by Crippen LogP contribution is 2.32. The van der Waals surface area contributed by atoms with E-state index < -0.39 is 0 Å². The Labute approximate surface area is 138 Å². The van der Waals surface area contributed by atoms with E-state index in [1.54, 1.807) is 5.56 Å². The highest BCUT2D eigenvalue weighted by atomic mass is 15.2. The standard InChI is InChI=1S/C21H24N2/c1-2-12-23(15-16-6-4-3-5-7-16)18-13-17-8-9-21-19(10-11-22-21)20(17)14-18/h3-11,18,22H,2,12-15H2,1H3. The lowest BCUT2D eigenvalue weighted by molar-refractivity contribution is 0.193. The van der Waals surface area contributed by atoms with E-state index in [4.69, 9.17) is 0 Å². The molecule has 1 N–H and O–H groups in total. The average molecular weight is 304 g/mol. The number of nitrogens with one attached hydrogen (secondary N) is 1. The van der Waals surface area contributed by atoms with Gasteiger partial charge in [-0.05, 0) is 54.6 Å². The van der Waals surface area contributed by atoms with Crippen molar-refractivity contribution in [2.45, 2.75) is 38.8 Å².